The van der Waals surface area contributed by atoms with Crippen LogP contribution in [0.5, 0.6) is 11.5 Å². The Bertz CT molecular complexity index is 5640. The Balaban J connectivity index is 0.000000184. The fourth-order valence-electron chi connectivity index (χ4n) is 13.7. The lowest BCUT2D eigenvalue weighted by Gasteiger charge is -2.27. The van der Waals surface area contributed by atoms with E-state index in [-0.39, 0.29) is 90.7 Å². The predicted molar refractivity (Wildman–Crippen MR) is 420 cm³/mol. The second-order valence-corrected chi connectivity index (χ2v) is 30.3. The van der Waals surface area contributed by atoms with Crippen LogP contribution < -0.4 is 41.8 Å². The molecule has 2 saturated heterocycles. The van der Waals surface area contributed by atoms with Crippen LogP contribution in [0.25, 0.3) is 10.0 Å². The van der Waals surface area contributed by atoms with Crippen molar-refractivity contribution < 1.29 is 95.2 Å². The molecule has 6 aliphatic heterocycles. The maximum absolute atomic E-state index is 13.3. The van der Waals surface area contributed by atoms with E-state index in [0.29, 0.717) is 73.4 Å². The number of imide groups is 4. The van der Waals surface area contributed by atoms with Gasteiger partial charge >= 0.3 is 18.1 Å². The third-order valence-electron chi connectivity index (χ3n) is 19.8. The highest BCUT2D eigenvalue weighted by Crippen LogP contribution is 2.43. The van der Waals surface area contributed by atoms with E-state index in [4.69, 9.17) is 40.4 Å². The number of thiophene rings is 2. The third-order valence-corrected chi connectivity index (χ3v) is 22.2. The smallest absolute Gasteiger partial charge is 0.483 e. The number of alkyl halides is 3. The number of piperidine rings is 2. The number of amides is 11. The Morgan fingerprint density at radius 2 is 0.925 bits per heavy atom. The zero-order valence-electron chi connectivity index (χ0n) is 65.1. The number of carbonyl (C=O) groups excluding carboxylic acids is 11. The molecular formula is C80H77F3N18O17S2. The number of nitriles is 2. The van der Waals surface area contributed by atoms with Gasteiger partial charge in [-0.3, -0.25) is 97.1 Å². The average molecular weight is 1680 g/mol. The molecule has 0 radical (unpaired) electrons. The zero-order valence-corrected chi connectivity index (χ0v) is 66.8. The zero-order chi connectivity index (χ0) is 86.7. The van der Waals surface area contributed by atoms with Crippen molar-refractivity contribution in [1.29, 1.82) is 10.5 Å². The van der Waals surface area contributed by atoms with Gasteiger partial charge in [0.05, 0.1) is 69.8 Å². The molecule has 2 fully saturated rings. The van der Waals surface area contributed by atoms with Gasteiger partial charge in [-0.05, 0) is 146 Å². The van der Waals surface area contributed by atoms with Gasteiger partial charge in [0.15, 0.2) is 24.9 Å². The van der Waals surface area contributed by atoms with Crippen molar-refractivity contribution in [2.45, 2.75) is 136 Å². The van der Waals surface area contributed by atoms with Crippen molar-refractivity contribution in [1.82, 2.24) is 65.9 Å². The molecule has 14 rings (SSSR count). The first-order chi connectivity index (χ1) is 57.2. The first-order valence-corrected chi connectivity index (χ1v) is 39.1. The molecule has 35 nitrogen and oxygen atoms in total. The molecule has 0 bridgehead atoms. The Morgan fingerprint density at radius 3 is 1.29 bits per heavy atom. The van der Waals surface area contributed by atoms with E-state index in [1.54, 1.807) is 46.9 Å². The Hall–Kier alpha value is -13.9. The first kappa shape index (κ1) is 87.0. The molecule has 4 aromatic carbocycles. The number of nitrogens with two attached hydrogens (primary N) is 1. The molecule has 622 valence electrons. The summed E-state index contributed by atoms with van der Waals surface area (Å²) in [4.78, 5) is 171. The lowest BCUT2D eigenvalue weighted by atomic mass is 9.99. The molecule has 9 N–H and O–H groups in total. The fraction of sp³-hybridized carbons (Fsp3) is 0.338. The standard InChI is InChI=1S/C39H37N9O7S.C20H17N5O2S.C19H22N4O6.C2HF3O2/c1-20-21(2)56-39-32(20)34(24-11-9-23(18-40)10-12-24)43-26(35-46-45-22(3)47(35)39)17-30(50)41-15-4-5-16-42-31(51)19-55-28-8-6-7-25-33(28)38(54)48(37(25)53)27-13-14-29(49)44-36(27)52;1-10-11(2)28-20-17(10)18(14-6-4-13(9-21)5-7-14)22-15(8-16(26)27)19-24-23-12(3)25(19)20;20-8-1-2-9-21-15(25)10-29-13-5-3-4-11-16(13)19(28)23(18(11)27)12-6-7-14(24)22-17(12)26;3-2(4,5)1(6)7/h6-12,26-27H,4-5,13-17,19H2,1-3H3,(H,41,50)(H,42,51)(H,44,49,52);4-7,15H,8H2,1-3H3,(H,26,27);3-5,12H,1-2,6-10,20H2,(H,21,25)(H,22,24,26);(H,6,7)/t26-,27?;15-;;/m00../s1. The summed E-state index contributed by atoms with van der Waals surface area (Å²) in [5.74, 6) is -7.15. The van der Waals surface area contributed by atoms with Gasteiger partial charge in [-0.2, -0.15) is 23.7 Å². The van der Waals surface area contributed by atoms with Gasteiger partial charge in [0.1, 0.15) is 57.3 Å². The Morgan fingerprint density at radius 1 is 0.542 bits per heavy atom. The summed E-state index contributed by atoms with van der Waals surface area (Å²) < 4.78 is 46.8. The summed E-state index contributed by atoms with van der Waals surface area (Å²) in [6, 6.07) is 24.2. The highest BCUT2D eigenvalue weighted by atomic mass is 32.1. The van der Waals surface area contributed by atoms with Crippen molar-refractivity contribution in [3.63, 3.8) is 0 Å². The first-order valence-electron chi connectivity index (χ1n) is 37.4. The van der Waals surface area contributed by atoms with Gasteiger partial charge in [0, 0.05) is 64.5 Å². The highest BCUT2D eigenvalue weighted by molar-refractivity contribution is 7.15. The van der Waals surface area contributed by atoms with Gasteiger partial charge in [-0.25, -0.2) is 4.79 Å². The molecule has 40 heteroatoms. The molecule has 2 unspecified atom stereocenters. The van der Waals surface area contributed by atoms with Crippen LogP contribution in [0.1, 0.15) is 195 Å². The van der Waals surface area contributed by atoms with Crippen molar-refractivity contribution in [3.8, 4) is 33.6 Å². The highest BCUT2D eigenvalue weighted by Gasteiger charge is 2.48. The number of ether oxygens (including phenoxy) is 2. The predicted octanol–water partition coefficient (Wildman–Crippen LogP) is 6.35. The van der Waals surface area contributed by atoms with Crippen LogP contribution in [0.4, 0.5) is 13.2 Å². The number of unbranched alkanes of at least 4 members (excludes halogenated alkanes) is 2. The molecule has 0 saturated carbocycles. The molecule has 6 aliphatic rings. The number of aromatic nitrogens is 6. The quantitative estimate of drug-likeness (QED) is 0.0255. The number of rotatable bonds is 23. The topological polar surface area (TPSA) is 507 Å². The largest absolute Gasteiger partial charge is 0.490 e. The van der Waals surface area contributed by atoms with Gasteiger partial charge in [0.2, 0.25) is 29.5 Å². The summed E-state index contributed by atoms with van der Waals surface area (Å²) in [6.07, 6.45) is -2.44. The minimum atomic E-state index is -5.08. The number of aliphatic carboxylic acids is 2. The van der Waals surface area contributed by atoms with Gasteiger partial charge in [-0.1, -0.05) is 36.4 Å². The number of carboxylic acids is 2. The second-order valence-electron chi connectivity index (χ2n) is 27.9. The third kappa shape index (κ3) is 19.1. The lowest BCUT2D eigenvalue weighted by molar-refractivity contribution is -0.192. The van der Waals surface area contributed by atoms with Crippen LogP contribution in [0, 0.1) is 64.2 Å². The molecular weight excluding hydrogens is 1610 g/mol. The van der Waals surface area contributed by atoms with Crippen molar-refractivity contribution in [2.24, 2.45) is 15.7 Å². The molecule has 4 atom stereocenters. The molecule has 0 spiro atoms. The van der Waals surface area contributed by atoms with Crippen molar-refractivity contribution in [2.75, 3.05) is 39.4 Å². The minimum Gasteiger partial charge on any atom is -0.483 e. The fourth-order valence-corrected chi connectivity index (χ4v) is 16.1. The van der Waals surface area contributed by atoms with Gasteiger partial charge in [-0.15, -0.1) is 43.1 Å². The van der Waals surface area contributed by atoms with E-state index in [1.165, 1.54) is 36.4 Å². The van der Waals surface area contributed by atoms with E-state index in [0.717, 1.165) is 87.2 Å². The summed E-state index contributed by atoms with van der Waals surface area (Å²) in [5.41, 5.74) is 13.8. The van der Waals surface area contributed by atoms with Gasteiger partial charge < -0.3 is 41.4 Å². The van der Waals surface area contributed by atoms with E-state index in [1.807, 2.05) is 61.1 Å². The number of halogens is 3. The Labute approximate surface area is 688 Å². The number of hydrogen-bond acceptors (Lipinski definition) is 26. The summed E-state index contributed by atoms with van der Waals surface area (Å²) in [7, 11) is 0. The maximum atomic E-state index is 13.3. The SMILES string of the molecule is Cc1sc2c(c1C)C(c1ccc(C#N)cc1)=N[C@@H](CC(=O)NCCCCNC(=O)COc1cccc3c1C(=O)N(C1CCC(=O)NC1=O)C3=O)c1nnc(C)n1-2.Cc1sc2c(c1C)C(c1ccc(C#N)cc1)=N[C@@H](CC(=O)O)c1nnc(C)n1-2.NCCCCNC(=O)COc1cccc2c1C(=O)N(C1CCC(=O)NC1=O)C2=O.O=C(O)C(F)(F)F. The molecule has 4 aromatic heterocycles. The normalized spacial score (nSPS) is 16.7. The lowest BCUT2D eigenvalue weighted by Crippen LogP contribution is -2.54. The van der Waals surface area contributed by atoms with E-state index in [2.05, 4.69) is 73.0 Å². The van der Waals surface area contributed by atoms with E-state index < -0.39 is 102 Å². The number of carbonyl (C=O) groups is 13. The molecule has 0 aliphatic carbocycles. The summed E-state index contributed by atoms with van der Waals surface area (Å²) in [6.45, 7) is 12.9. The number of aryl methyl sites for hydroxylation is 4. The summed E-state index contributed by atoms with van der Waals surface area (Å²) >= 11 is 3.24. The van der Waals surface area contributed by atoms with Crippen LogP contribution in [0.3, 0.4) is 0 Å². The molecule has 8 aromatic rings. The van der Waals surface area contributed by atoms with Gasteiger partial charge in [0.25, 0.3) is 35.4 Å². The van der Waals surface area contributed by atoms with Crippen LogP contribution in [-0.2, 0) is 43.2 Å². The van der Waals surface area contributed by atoms with Crippen molar-refractivity contribution >= 4 is 111 Å². The molecule has 120 heavy (non-hydrogen) atoms. The van der Waals surface area contributed by atoms with Crippen LogP contribution in [0.15, 0.2) is 94.9 Å². The number of aliphatic imine (C=N–C) groups is 2. The van der Waals surface area contributed by atoms with Crippen LogP contribution in [0.2, 0.25) is 0 Å². The minimum absolute atomic E-state index is 0.000997. The summed E-state index contributed by atoms with van der Waals surface area (Å²) in [5, 5.41) is 66.7. The van der Waals surface area contributed by atoms with E-state index in [9.17, 15) is 81.1 Å². The van der Waals surface area contributed by atoms with Crippen molar-refractivity contribution in [3.05, 3.63) is 185 Å². The number of hydrogen-bond donors (Lipinski definition) is 8. The number of fused-ring (bicyclic) bond motifs is 8. The number of nitrogens with zero attached hydrogens (tertiary/aromatic N) is 12. The maximum Gasteiger partial charge on any atom is 0.490 e. The number of nitrogens with one attached hydrogen (secondary N) is 5. The average Bonchev–Trinajstić information content (AvgIpc) is 1.61. The second kappa shape index (κ2) is 37.6. The molecule has 10 heterocycles. The Kier molecular flexibility index (Phi) is 27.3. The van der Waals surface area contributed by atoms with Crippen LogP contribution in [-0.4, -0.2) is 196 Å². The van der Waals surface area contributed by atoms with Crippen LogP contribution >= 0.6 is 22.7 Å². The van der Waals surface area contributed by atoms with E-state index >= 15 is 0 Å². The number of carboxylic acid groups (broad SMARTS) is 2. The number of benzene rings is 4. The molecule has 11 amide bonds. The monoisotopic (exact) mass is 1680 g/mol.